The van der Waals surface area contributed by atoms with Crippen LogP contribution in [0.1, 0.15) is 20.7 Å². The first kappa shape index (κ1) is 13.7. The number of rotatable bonds is 3. The maximum Gasteiger partial charge on any atom is 0.280 e. The number of hydrogen-bond acceptors (Lipinski definition) is 4. The van der Waals surface area contributed by atoms with E-state index in [9.17, 15) is 9.59 Å². The molecule has 0 fully saturated rings. The van der Waals surface area contributed by atoms with Crippen LogP contribution < -0.4 is 5.01 Å². The van der Waals surface area contributed by atoms with Gasteiger partial charge in [0.25, 0.3) is 11.8 Å². The summed E-state index contributed by atoms with van der Waals surface area (Å²) in [5, 5.41) is 8.33. The summed E-state index contributed by atoms with van der Waals surface area (Å²) >= 11 is 0. The molecule has 1 aromatic heterocycles. The van der Waals surface area contributed by atoms with Crippen molar-refractivity contribution in [1.82, 2.24) is 14.9 Å². The average Bonchev–Trinajstić information content (AvgIpc) is 3.10. The molecule has 3 rings (SSSR count). The lowest BCUT2D eigenvalue weighted by atomic mass is 10.1. The molecule has 6 nitrogen and oxygen atoms in total. The highest BCUT2D eigenvalue weighted by atomic mass is 16.2. The van der Waals surface area contributed by atoms with E-state index in [4.69, 9.17) is 0 Å². The fourth-order valence-corrected chi connectivity index (χ4v) is 2.01. The first-order chi connectivity index (χ1) is 10.8. The molecule has 0 radical (unpaired) electrons. The average molecular weight is 292 g/mol. The van der Waals surface area contributed by atoms with Gasteiger partial charge in [-0.1, -0.05) is 36.4 Å². The van der Waals surface area contributed by atoms with Crippen molar-refractivity contribution < 1.29 is 9.59 Å². The molecule has 0 aliphatic carbocycles. The highest BCUT2D eigenvalue weighted by Gasteiger charge is 2.25. The summed E-state index contributed by atoms with van der Waals surface area (Å²) in [7, 11) is 0. The van der Waals surface area contributed by atoms with Crippen LogP contribution in [0.3, 0.4) is 0 Å². The van der Waals surface area contributed by atoms with Crippen molar-refractivity contribution in [2.45, 2.75) is 0 Å². The summed E-state index contributed by atoms with van der Waals surface area (Å²) in [5.41, 5.74) is 0.806. The standard InChI is InChI=1S/C16H12N4O2/c21-15(13-7-3-1-4-8-13)20(19-11-17-18-12-19)16(22)14-9-5-2-6-10-14/h1-12H. The SMILES string of the molecule is O=C(c1ccccc1)N(C(=O)c1ccccc1)n1cnnc1. The van der Waals surface area contributed by atoms with Gasteiger partial charge in [-0.2, -0.15) is 5.01 Å². The van der Waals surface area contributed by atoms with Gasteiger partial charge in [-0.15, -0.1) is 10.2 Å². The van der Waals surface area contributed by atoms with Crippen molar-refractivity contribution in [2.24, 2.45) is 0 Å². The fraction of sp³-hybridized carbons (Fsp3) is 0. The maximum absolute atomic E-state index is 12.7. The second kappa shape index (κ2) is 6.01. The zero-order valence-corrected chi connectivity index (χ0v) is 11.5. The minimum atomic E-state index is -0.450. The van der Waals surface area contributed by atoms with E-state index in [2.05, 4.69) is 10.2 Å². The third kappa shape index (κ3) is 2.62. The molecule has 2 amide bonds. The molecule has 0 saturated heterocycles. The third-order valence-corrected chi connectivity index (χ3v) is 3.06. The molecular weight excluding hydrogens is 280 g/mol. The zero-order chi connectivity index (χ0) is 15.4. The lowest BCUT2D eigenvalue weighted by Crippen LogP contribution is -2.44. The second-order valence-corrected chi connectivity index (χ2v) is 4.50. The number of amides is 2. The Bertz CT molecular complexity index is 719. The minimum Gasteiger partial charge on any atom is -0.267 e. The molecule has 0 aliphatic heterocycles. The first-order valence-corrected chi connectivity index (χ1v) is 6.61. The monoisotopic (exact) mass is 292 g/mol. The topological polar surface area (TPSA) is 68.1 Å². The van der Waals surface area contributed by atoms with Crippen LogP contribution in [0.2, 0.25) is 0 Å². The maximum atomic E-state index is 12.7. The van der Waals surface area contributed by atoms with E-state index < -0.39 is 11.8 Å². The molecule has 0 unspecified atom stereocenters. The first-order valence-electron chi connectivity index (χ1n) is 6.61. The molecule has 2 aromatic carbocycles. The Balaban J connectivity index is 2.02. The number of carbonyl (C=O) groups excluding carboxylic acids is 2. The molecule has 22 heavy (non-hydrogen) atoms. The smallest absolute Gasteiger partial charge is 0.267 e. The summed E-state index contributed by atoms with van der Waals surface area (Å²) in [6.07, 6.45) is 2.61. The fourth-order valence-electron chi connectivity index (χ4n) is 2.01. The summed E-state index contributed by atoms with van der Waals surface area (Å²) in [4.78, 5) is 25.4. The van der Waals surface area contributed by atoms with Gasteiger partial charge in [0.2, 0.25) is 0 Å². The van der Waals surface area contributed by atoms with Gasteiger partial charge in [0, 0.05) is 11.1 Å². The van der Waals surface area contributed by atoms with Gasteiger partial charge >= 0.3 is 0 Å². The number of carbonyl (C=O) groups is 2. The summed E-state index contributed by atoms with van der Waals surface area (Å²) in [5.74, 6) is -0.900. The molecule has 0 spiro atoms. The molecule has 6 heteroatoms. The van der Waals surface area contributed by atoms with Gasteiger partial charge in [0.05, 0.1) is 0 Å². The molecule has 0 bridgehead atoms. The molecule has 108 valence electrons. The van der Waals surface area contributed by atoms with Gasteiger partial charge in [-0.25, -0.2) is 4.68 Å². The predicted molar refractivity (Wildman–Crippen MR) is 79.8 cm³/mol. The molecule has 3 aromatic rings. The lowest BCUT2D eigenvalue weighted by molar-refractivity contribution is 0.0856. The molecule has 0 aliphatic rings. The van der Waals surface area contributed by atoms with Crippen molar-refractivity contribution in [1.29, 1.82) is 0 Å². The molecule has 0 N–H and O–H groups in total. The Morgan fingerprint density at radius 1 is 0.727 bits per heavy atom. The van der Waals surface area contributed by atoms with E-state index in [0.717, 1.165) is 5.01 Å². The van der Waals surface area contributed by atoms with Gasteiger partial charge in [-0.3, -0.25) is 9.59 Å². The quantitative estimate of drug-likeness (QED) is 0.691. The Morgan fingerprint density at radius 3 is 1.55 bits per heavy atom. The van der Waals surface area contributed by atoms with E-state index >= 15 is 0 Å². The van der Waals surface area contributed by atoms with Crippen molar-refractivity contribution in [3.63, 3.8) is 0 Å². The lowest BCUT2D eigenvalue weighted by Gasteiger charge is -2.20. The van der Waals surface area contributed by atoms with Crippen LogP contribution in [-0.4, -0.2) is 26.7 Å². The summed E-state index contributed by atoms with van der Waals surface area (Å²) in [6.45, 7) is 0. The zero-order valence-electron chi connectivity index (χ0n) is 11.5. The van der Waals surface area contributed by atoms with Crippen molar-refractivity contribution in [3.05, 3.63) is 84.4 Å². The van der Waals surface area contributed by atoms with Crippen LogP contribution in [0.15, 0.2) is 73.3 Å². The largest absolute Gasteiger partial charge is 0.280 e. The Hall–Kier alpha value is -3.28. The van der Waals surface area contributed by atoms with Crippen LogP contribution in [0, 0.1) is 0 Å². The van der Waals surface area contributed by atoms with Gasteiger partial charge < -0.3 is 0 Å². The summed E-state index contributed by atoms with van der Waals surface area (Å²) in [6, 6.07) is 17.2. The highest BCUT2D eigenvalue weighted by Crippen LogP contribution is 2.09. The number of imide groups is 1. The number of nitrogens with zero attached hydrogens (tertiary/aromatic N) is 4. The van der Waals surface area contributed by atoms with Crippen LogP contribution in [0.4, 0.5) is 0 Å². The highest BCUT2D eigenvalue weighted by molar-refractivity contribution is 6.20. The third-order valence-electron chi connectivity index (χ3n) is 3.06. The van der Waals surface area contributed by atoms with Gasteiger partial charge in [0.1, 0.15) is 12.7 Å². The second-order valence-electron chi connectivity index (χ2n) is 4.50. The van der Waals surface area contributed by atoms with E-state index in [1.54, 1.807) is 60.7 Å². The van der Waals surface area contributed by atoms with Crippen molar-refractivity contribution >= 4 is 11.8 Å². The number of benzene rings is 2. The Labute approximate surface area is 126 Å². The van der Waals surface area contributed by atoms with Gasteiger partial charge in [0.15, 0.2) is 0 Å². The summed E-state index contributed by atoms with van der Waals surface area (Å²) < 4.78 is 1.27. The van der Waals surface area contributed by atoms with E-state index in [0.29, 0.717) is 11.1 Å². The van der Waals surface area contributed by atoms with Crippen LogP contribution >= 0.6 is 0 Å². The van der Waals surface area contributed by atoms with E-state index in [1.807, 2.05) is 0 Å². The predicted octanol–water partition coefficient (Wildman–Crippen LogP) is 1.90. The minimum absolute atomic E-state index is 0.403. The number of hydrogen-bond donors (Lipinski definition) is 0. The van der Waals surface area contributed by atoms with Crippen LogP contribution in [0.25, 0.3) is 0 Å². The normalized spacial score (nSPS) is 10.2. The molecule has 0 atom stereocenters. The Kier molecular flexibility index (Phi) is 3.74. The van der Waals surface area contributed by atoms with Crippen LogP contribution in [0.5, 0.6) is 0 Å². The van der Waals surface area contributed by atoms with Crippen LogP contribution in [-0.2, 0) is 0 Å². The Morgan fingerprint density at radius 2 is 1.14 bits per heavy atom. The van der Waals surface area contributed by atoms with E-state index in [1.165, 1.54) is 17.3 Å². The van der Waals surface area contributed by atoms with Crippen molar-refractivity contribution in [2.75, 3.05) is 5.01 Å². The molecule has 0 saturated carbocycles. The van der Waals surface area contributed by atoms with E-state index in [-0.39, 0.29) is 0 Å². The van der Waals surface area contributed by atoms with Gasteiger partial charge in [-0.05, 0) is 24.3 Å². The van der Waals surface area contributed by atoms with Crippen molar-refractivity contribution in [3.8, 4) is 0 Å². The molecular formula is C16H12N4O2. The number of aromatic nitrogens is 3. The molecule has 1 heterocycles.